The summed E-state index contributed by atoms with van der Waals surface area (Å²) in [5, 5.41) is 34.8. The highest BCUT2D eigenvalue weighted by molar-refractivity contribution is 5.59. The highest BCUT2D eigenvalue weighted by Gasteiger charge is 2.20. The number of hydrogen-bond donors (Lipinski definition) is 2. The molecule has 9 nitrogen and oxygen atoms in total. The third-order valence-electron chi connectivity index (χ3n) is 4.68. The van der Waals surface area contributed by atoms with Crippen LogP contribution in [0.15, 0.2) is 57.2 Å². The van der Waals surface area contributed by atoms with Gasteiger partial charge in [-0.2, -0.15) is 4.79 Å². The minimum absolute atomic E-state index is 0.0218. The van der Waals surface area contributed by atoms with E-state index >= 15 is 0 Å². The molecule has 0 radical (unpaired) electrons. The van der Waals surface area contributed by atoms with Crippen molar-refractivity contribution in [2.45, 2.75) is 65.5 Å². The number of benzene rings is 2. The van der Waals surface area contributed by atoms with Crippen LogP contribution in [0.4, 0.5) is 4.79 Å². The number of carbonyl (C=O) groups is 1. The smallest absolute Gasteiger partial charge is 0.507 e. The van der Waals surface area contributed by atoms with E-state index < -0.39 is 6.16 Å². The molecule has 0 saturated heterocycles. The van der Waals surface area contributed by atoms with Crippen LogP contribution >= 0.6 is 0 Å². The summed E-state index contributed by atoms with van der Waals surface area (Å²) >= 11 is 0. The Morgan fingerprint density at radius 2 is 1.12 bits per heavy atom. The summed E-state index contributed by atoms with van der Waals surface area (Å²) in [7, 11) is 0. The molecule has 32 heavy (non-hydrogen) atoms. The second-order valence-electron chi connectivity index (χ2n) is 9.32. The molecule has 0 atom stereocenters. The highest BCUT2D eigenvalue weighted by Crippen LogP contribution is 2.34. The summed E-state index contributed by atoms with van der Waals surface area (Å²) in [6.45, 7) is 12.0. The van der Waals surface area contributed by atoms with E-state index in [0.717, 1.165) is 11.1 Å². The second-order valence-corrected chi connectivity index (χ2v) is 9.32. The fourth-order valence-electron chi connectivity index (χ4n) is 3.00. The summed E-state index contributed by atoms with van der Waals surface area (Å²) in [4.78, 5) is 20.4. The van der Waals surface area contributed by atoms with Crippen molar-refractivity contribution < 1.29 is 24.7 Å². The quantitative estimate of drug-likeness (QED) is 0.402. The molecule has 0 amide bonds. The molecule has 0 unspecified atom stereocenters. The number of phenols is 2. The Balaban J connectivity index is 1.85. The highest BCUT2D eigenvalue weighted by atomic mass is 16.9. The molecule has 2 aromatic carbocycles. The van der Waals surface area contributed by atoms with Gasteiger partial charge in [-0.05, 0) is 22.0 Å². The fourth-order valence-corrected chi connectivity index (χ4v) is 3.00. The monoisotopic (exact) mass is 442 g/mol. The molecule has 0 fully saturated rings. The molecule has 0 spiro atoms. The van der Waals surface area contributed by atoms with E-state index in [4.69, 9.17) is 0 Å². The van der Waals surface area contributed by atoms with E-state index in [1.807, 2.05) is 65.8 Å². The van der Waals surface area contributed by atoms with Crippen LogP contribution in [-0.2, 0) is 33.6 Å². The second kappa shape index (κ2) is 10.2. The van der Waals surface area contributed by atoms with Gasteiger partial charge in [-0.25, -0.2) is 0 Å². The van der Waals surface area contributed by atoms with E-state index in [-0.39, 0.29) is 35.4 Å². The van der Waals surface area contributed by atoms with E-state index in [9.17, 15) is 15.0 Å². The molecule has 0 aliphatic carbocycles. The van der Waals surface area contributed by atoms with E-state index in [1.54, 1.807) is 12.1 Å². The lowest BCUT2D eigenvalue weighted by Crippen LogP contribution is -2.11. The number of phenolic OH excluding ortho intramolecular Hbond substituents is 2. The third kappa shape index (κ3) is 6.76. The number of aromatic hydroxyl groups is 2. The lowest BCUT2D eigenvalue weighted by atomic mass is 9.85. The predicted molar refractivity (Wildman–Crippen MR) is 118 cm³/mol. The van der Waals surface area contributed by atoms with Crippen molar-refractivity contribution >= 4 is 6.16 Å². The zero-order valence-corrected chi connectivity index (χ0v) is 19.3. The van der Waals surface area contributed by atoms with Crippen LogP contribution in [0, 0.1) is 0 Å². The van der Waals surface area contributed by atoms with Crippen LogP contribution in [0.5, 0.6) is 11.5 Å². The van der Waals surface area contributed by atoms with Crippen LogP contribution in [0.2, 0.25) is 0 Å². The van der Waals surface area contributed by atoms with Crippen LogP contribution in [0.3, 0.4) is 0 Å². The maximum absolute atomic E-state index is 11.5. The fraction of sp³-hybridized carbons (Fsp3) is 0.435. The summed E-state index contributed by atoms with van der Waals surface area (Å²) < 4.78 is 0. The lowest BCUT2D eigenvalue weighted by molar-refractivity contribution is 0.0455. The van der Waals surface area contributed by atoms with E-state index in [2.05, 4.69) is 30.5 Å². The van der Waals surface area contributed by atoms with Crippen LogP contribution in [-0.4, -0.2) is 16.4 Å². The summed E-state index contributed by atoms with van der Waals surface area (Å²) in [5.74, 6) is 0.267. The van der Waals surface area contributed by atoms with Crippen molar-refractivity contribution in [1.29, 1.82) is 0 Å². The zero-order chi connectivity index (χ0) is 23.9. The van der Waals surface area contributed by atoms with Crippen molar-refractivity contribution in [2.75, 3.05) is 0 Å². The molecule has 172 valence electrons. The zero-order valence-electron chi connectivity index (χ0n) is 19.3. The number of nitrogens with zero attached hydrogens (tertiary/aromatic N) is 4. The first-order valence-corrected chi connectivity index (χ1v) is 10.2. The van der Waals surface area contributed by atoms with Gasteiger partial charge in [0.15, 0.2) is 0 Å². The molecule has 0 aromatic heterocycles. The van der Waals surface area contributed by atoms with Crippen LogP contribution in [0.1, 0.15) is 63.8 Å². The Hall–Kier alpha value is -3.49. The molecular weight excluding hydrogens is 412 g/mol. The van der Waals surface area contributed by atoms with Gasteiger partial charge in [-0.3, -0.25) is 9.68 Å². The van der Waals surface area contributed by atoms with Crippen molar-refractivity contribution in [1.82, 2.24) is 0 Å². The predicted octanol–water partition coefficient (Wildman–Crippen LogP) is 6.28. The molecular formula is C23H30N4O5. The van der Waals surface area contributed by atoms with Crippen LogP contribution < -0.4 is 0 Å². The Labute approximate surface area is 187 Å². The Morgan fingerprint density at radius 3 is 1.47 bits per heavy atom. The summed E-state index contributed by atoms with van der Waals surface area (Å²) in [6.07, 6.45) is -1.21. The molecule has 0 bridgehead atoms. The van der Waals surface area contributed by atoms with Crippen molar-refractivity contribution in [3.05, 3.63) is 58.7 Å². The first-order valence-electron chi connectivity index (χ1n) is 10.2. The van der Waals surface area contributed by atoms with Crippen molar-refractivity contribution in [3.8, 4) is 11.5 Å². The van der Waals surface area contributed by atoms with Crippen molar-refractivity contribution in [2.24, 2.45) is 20.8 Å². The van der Waals surface area contributed by atoms with Crippen molar-refractivity contribution in [3.63, 3.8) is 0 Å². The van der Waals surface area contributed by atoms with Gasteiger partial charge >= 0.3 is 6.16 Å². The van der Waals surface area contributed by atoms with Gasteiger partial charge in [0.05, 0.1) is 13.1 Å². The number of rotatable bonds is 6. The van der Waals surface area contributed by atoms with Gasteiger partial charge in [0, 0.05) is 21.7 Å². The van der Waals surface area contributed by atoms with Gasteiger partial charge in [0.1, 0.15) is 11.5 Å². The standard InChI is InChI=1S/C23H30N4O5/c1-22(2,3)17-11-7-9-15(19(17)28)13-24-26-31-21(30)32-27-25-14-16-10-8-12-18(20(16)29)23(4,5)6/h7-12,28-29H,13-14H2,1-6H3. The molecule has 0 saturated carbocycles. The largest absolute Gasteiger partial charge is 0.565 e. The average molecular weight is 443 g/mol. The first kappa shape index (κ1) is 24.8. The minimum Gasteiger partial charge on any atom is -0.507 e. The number of hydrogen-bond acceptors (Lipinski definition) is 9. The Bertz CT molecular complexity index is 925. The number of para-hydroxylation sites is 2. The molecule has 0 aliphatic heterocycles. The Morgan fingerprint density at radius 1 is 0.750 bits per heavy atom. The molecule has 2 rings (SSSR count). The average Bonchev–Trinajstić information content (AvgIpc) is 2.69. The first-order chi connectivity index (χ1) is 14.9. The SMILES string of the molecule is CC(C)(C)c1cccc(CN=NOC(=O)ON=NCc2cccc(C(C)(C)C)c2O)c1O. The number of carbonyl (C=O) groups excluding carboxylic acids is 1. The maximum atomic E-state index is 11.5. The molecule has 2 aromatic rings. The maximum Gasteiger partial charge on any atom is 0.565 e. The summed E-state index contributed by atoms with van der Waals surface area (Å²) in [6, 6.07) is 10.7. The minimum atomic E-state index is -1.21. The third-order valence-corrected chi connectivity index (χ3v) is 4.68. The lowest BCUT2D eigenvalue weighted by Gasteiger charge is -2.21. The molecule has 9 heteroatoms. The molecule has 0 heterocycles. The van der Waals surface area contributed by atoms with E-state index in [1.165, 1.54) is 0 Å². The van der Waals surface area contributed by atoms with Gasteiger partial charge in [-0.1, -0.05) is 77.9 Å². The topological polar surface area (TPSA) is 125 Å². The molecule has 2 N–H and O–H groups in total. The summed E-state index contributed by atoms with van der Waals surface area (Å²) in [5.41, 5.74) is 2.21. The van der Waals surface area contributed by atoms with Gasteiger partial charge in [0.2, 0.25) is 0 Å². The van der Waals surface area contributed by atoms with Gasteiger partial charge < -0.3 is 10.2 Å². The van der Waals surface area contributed by atoms with Gasteiger partial charge in [-0.15, -0.1) is 10.2 Å². The van der Waals surface area contributed by atoms with E-state index in [0.29, 0.717) is 11.1 Å². The van der Waals surface area contributed by atoms with Crippen LogP contribution in [0.25, 0.3) is 0 Å². The molecule has 0 aliphatic rings. The Kier molecular flexibility index (Phi) is 7.91. The van der Waals surface area contributed by atoms with Gasteiger partial charge in [0.25, 0.3) is 0 Å². The normalized spacial score (nSPS) is 12.4.